The molecule has 31 aromatic rings. The average Bonchev–Trinajstić information content (AvgIpc) is 1.55. The van der Waals surface area contributed by atoms with Gasteiger partial charge in [0.25, 0.3) is 0 Å². The first-order chi connectivity index (χ1) is 66.6. The third kappa shape index (κ3) is 11.6. The Balaban J connectivity index is 0.0000000891. The van der Waals surface area contributed by atoms with Crippen LogP contribution in [0.15, 0.2) is 461 Å². The van der Waals surface area contributed by atoms with Gasteiger partial charge in [-0.05, 0) is 161 Å². The van der Waals surface area contributed by atoms with Crippen molar-refractivity contribution in [3.8, 4) is 33.9 Å². The lowest BCUT2D eigenvalue weighted by molar-refractivity contribution is 1.19. The standard InChI is InChI=1S/C34H21NS.2C32H19NS.C28H17NS/c1-2-10-22(11-3-1)23-18-20-24(21-19-23)35-29-16-8-6-14-27(29)31-25-12-4-5-13-26(25)32-28-15-7-9-17-30(28)36-34(32)33(31)35;1-2-12-21-20(10-1)11-9-18-26(21)33-27-17-7-5-15-24(27)29-22-13-3-4-14-23(22)30-25-16-6-8-19-28(25)34-32(30)31(29)33;1-2-10-21-19-22(18-17-20(21)9-1)33-27-15-7-5-13-25(27)29-23-11-3-4-12-24(23)30-26-14-6-8-16-28(26)34-32(30)31(29)33;1-2-10-18(11-3-1)29-23-16-8-6-14-21(23)25-19-12-4-5-13-20(19)26-22-15-7-9-17-24(22)30-28(26)27(25)29/h1-21H;2*1-19H;1-17H. The van der Waals surface area contributed by atoms with Gasteiger partial charge in [-0.15, -0.1) is 45.3 Å². The summed E-state index contributed by atoms with van der Waals surface area (Å²) in [4.78, 5) is 0. The first kappa shape index (κ1) is 76.6. The highest BCUT2D eigenvalue weighted by molar-refractivity contribution is 7.28. The van der Waals surface area contributed by atoms with Crippen molar-refractivity contribution in [2.45, 2.75) is 0 Å². The van der Waals surface area contributed by atoms with Crippen LogP contribution in [0, 0.1) is 0 Å². The van der Waals surface area contributed by atoms with Crippen molar-refractivity contribution in [1.82, 2.24) is 18.3 Å². The summed E-state index contributed by atoms with van der Waals surface area (Å²) in [7, 11) is 0. The van der Waals surface area contributed by atoms with Gasteiger partial charge in [-0.3, -0.25) is 0 Å². The largest absolute Gasteiger partial charge is 0.308 e. The average molecular weight is 1770 g/mol. The zero-order chi connectivity index (χ0) is 87.7. The fourth-order valence-electron chi connectivity index (χ4n) is 22.3. The van der Waals surface area contributed by atoms with Crippen molar-refractivity contribution in [3.05, 3.63) is 461 Å². The van der Waals surface area contributed by atoms with Crippen LogP contribution in [0.5, 0.6) is 0 Å². The fraction of sp³-hybridized carbons (Fsp3) is 0. The van der Waals surface area contributed by atoms with Gasteiger partial charge in [0.2, 0.25) is 0 Å². The minimum absolute atomic E-state index is 1.19. The number of hydrogen-bond donors (Lipinski definition) is 0. The molecule has 134 heavy (non-hydrogen) atoms. The second-order valence-corrected chi connectivity index (χ2v) is 39.2. The Morgan fingerprint density at radius 1 is 0.142 bits per heavy atom. The Morgan fingerprint density at radius 3 is 0.784 bits per heavy atom. The predicted octanol–water partition coefficient (Wildman–Crippen LogP) is 37.2. The van der Waals surface area contributed by atoms with Crippen LogP contribution < -0.4 is 0 Å². The topological polar surface area (TPSA) is 19.7 Å². The molecule has 0 unspecified atom stereocenters. The zero-order valence-electron chi connectivity index (χ0n) is 72.3. The minimum Gasteiger partial charge on any atom is -0.308 e. The summed E-state index contributed by atoms with van der Waals surface area (Å²) >= 11 is 7.65. The Hall–Kier alpha value is -16.3. The molecule has 31 rings (SSSR count). The lowest BCUT2D eigenvalue weighted by atomic mass is 9.99. The van der Waals surface area contributed by atoms with E-state index in [2.05, 4.69) is 479 Å². The molecular weight excluding hydrogens is 1700 g/mol. The molecule has 23 aromatic carbocycles. The van der Waals surface area contributed by atoms with E-state index >= 15 is 0 Å². The molecule has 8 aromatic heterocycles. The van der Waals surface area contributed by atoms with E-state index in [9.17, 15) is 0 Å². The first-order valence-corrected chi connectivity index (χ1v) is 49.0. The molecular formula is C126H76N4S4. The number of hydrogen-bond acceptors (Lipinski definition) is 4. The molecule has 0 aliphatic rings. The second-order valence-electron chi connectivity index (χ2n) is 35.0. The normalized spacial score (nSPS) is 12.0. The molecule has 0 saturated heterocycles. The third-order valence-corrected chi connectivity index (χ3v) is 32.6. The molecule has 0 fully saturated rings. The predicted molar refractivity (Wildman–Crippen MR) is 585 cm³/mol. The SMILES string of the molecule is c1ccc(-c2ccc(-n3c4ccccc4c4c5ccccc5c5c6ccccc6sc5c43)cc2)cc1.c1ccc(-n2c3ccccc3c3c4ccccc4c4c5ccccc5sc4c32)cc1.c1ccc2c(-n3c4ccccc4c4c5ccccc5c5c6ccccc6sc5c43)cccc2c1.c1ccc2cc(-n3c4ccccc4c4c5ccccc5c5c6ccccc6sc5c43)ccc2c1. The minimum atomic E-state index is 1.19. The summed E-state index contributed by atoms with van der Waals surface area (Å²) in [6.45, 7) is 0. The molecule has 4 nitrogen and oxygen atoms in total. The van der Waals surface area contributed by atoms with Crippen LogP contribution in [0.25, 0.3) is 266 Å². The van der Waals surface area contributed by atoms with E-state index in [1.807, 2.05) is 45.3 Å². The number of fused-ring (bicyclic) bond motifs is 42. The molecule has 8 heteroatoms. The highest BCUT2D eigenvalue weighted by atomic mass is 32.1. The van der Waals surface area contributed by atoms with Gasteiger partial charge in [0.15, 0.2) is 0 Å². The molecule has 0 aliphatic heterocycles. The van der Waals surface area contributed by atoms with E-state index in [1.54, 1.807) is 0 Å². The number of rotatable bonds is 5. The Bertz CT molecular complexity index is 10300. The highest BCUT2D eigenvalue weighted by Gasteiger charge is 2.28. The van der Waals surface area contributed by atoms with Gasteiger partial charge in [-0.1, -0.05) is 370 Å². The molecule has 0 spiro atoms. The maximum absolute atomic E-state index is 2.51. The van der Waals surface area contributed by atoms with Gasteiger partial charge in [-0.25, -0.2) is 0 Å². The molecule has 8 heterocycles. The second kappa shape index (κ2) is 30.7. The number of thiophene rings is 4. The van der Waals surface area contributed by atoms with E-state index in [4.69, 9.17) is 0 Å². The number of benzene rings is 23. The van der Waals surface area contributed by atoms with Crippen molar-refractivity contribution in [2.24, 2.45) is 0 Å². The monoisotopic (exact) mass is 1770 g/mol. The molecule has 0 atom stereocenters. The van der Waals surface area contributed by atoms with Gasteiger partial charge >= 0.3 is 0 Å². The summed E-state index contributed by atoms with van der Waals surface area (Å²) < 4.78 is 20.7. The van der Waals surface area contributed by atoms with Crippen LogP contribution in [0.1, 0.15) is 0 Å². The molecule has 0 radical (unpaired) electrons. The van der Waals surface area contributed by atoms with Gasteiger partial charge in [-0.2, -0.15) is 0 Å². The fourth-order valence-corrected chi connectivity index (χ4v) is 27.3. The van der Waals surface area contributed by atoms with E-state index < -0.39 is 0 Å². The van der Waals surface area contributed by atoms with Crippen molar-refractivity contribution < 1.29 is 0 Å². The van der Waals surface area contributed by atoms with Crippen molar-refractivity contribution >= 4 is 278 Å². The van der Waals surface area contributed by atoms with Gasteiger partial charge in [0.05, 0.1) is 68.6 Å². The van der Waals surface area contributed by atoms with Gasteiger partial charge in [0, 0.05) is 127 Å². The third-order valence-electron chi connectivity index (χ3n) is 27.8. The lowest BCUT2D eigenvalue weighted by Gasteiger charge is -2.13. The Kier molecular flexibility index (Phi) is 17.5. The molecule has 0 saturated carbocycles. The van der Waals surface area contributed by atoms with Crippen LogP contribution >= 0.6 is 45.3 Å². The summed E-state index contributed by atoms with van der Waals surface area (Å²) in [6.07, 6.45) is 0. The van der Waals surface area contributed by atoms with E-state index in [0.717, 1.165) is 0 Å². The smallest absolute Gasteiger partial charge is 0.0726 e. The number of nitrogens with zero attached hydrogens (tertiary/aromatic N) is 4. The molecule has 0 amide bonds. The molecule has 624 valence electrons. The van der Waals surface area contributed by atoms with Crippen molar-refractivity contribution in [1.29, 1.82) is 0 Å². The first-order valence-electron chi connectivity index (χ1n) is 45.8. The highest BCUT2D eigenvalue weighted by Crippen LogP contribution is 2.54. The van der Waals surface area contributed by atoms with Crippen LogP contribution in [0.3, 0.4) is 0 Å². The maximum atomic E-state index is 2.51. The van der Waals surface area contributed by atoms with E-state index in [-0.39, 0.29) is 0 Å². The zero-order valence-corrected chi connectivity index (χ0v) is 75.6. The number of para-hydroxylation sites is 5. The number of aromatic nitrogens is 4. The van der Waals surface area contributed by atoms with Gasteiger partial charge in [0.1, 0.15) is 0 Å². The van der Waals surface area contributed by atoms with E-state index in [1.165, 1.54) is 266 Å². The quantitative estimate of drug-likeness (QED) is 0.164. The van der Waals surface area contributed by atoms with Gasteiger partial charge < -0.3 is 18.3 Å². The summed E-state index contributed by atoms with van der Waals surface area (Å²) in [5.74, 6) is 0. The van der Waals surface area contributed by atoms with Crippen LogP contribution in [0.2, 0.25) is 0 Å². The maximum Gasteiger partial charge on any atom is 0.0726 e. The van der Waals surface area contributed by atoms with Crippen LogP contribution in [0.4, 0.5) is 0 Å². The van der Waals surface area contributed by atoms with Crippen molar-refractivity contribution in [3.63, 3.8) is 0 Å². The van der Waals surface area contributed by atoms with Crippen LogP contribution in [-0.2, 0) is 0 Å². The molecule has 0 bridgehead atoms. The summed E-state index contributed by atoms with van der Waals surface area (Å²) in [6, 6.07) is 168. The lowest BCUT2D eigenvalue weighted by Crippen LogP contribution is -1.95. The van der Waals surface area contributed by atoms with Crippen molar-refractivity contribution in [2.75, 3.05) is 0 Å². The van der Waals surface area contributed by atoms with Crippen LogP contribution in [-0.4, -0.2) is 18.3 Å². The summed E-state index contributed by atoms with van der Waals surface area (Å²) in [5, 5.41) is 37.2. The molecule has 0 aliphatic carbocycles. The Labute approximate surface area is 784 Å². The van der Waals surface area contributed by atoms with E-state index in [0.29, 0.717) is 0 Å². The summed E-state index contributed by atoms with van der Waals surface area (Å²) in [5.41, 5.74) is 17.6. The Morgan fingerprint density at radius 2 is 0.396 bits per heavy atom. The molecule has 0 N–H and O–H groups in total.